The van der Waals surface area contributed by atoms with Gasteiger partial charge in [0.1, 0.15) is 19.8 Å². The molecule has 0 aliphatic heterocycles. The molecule has 0 spiro atoms. The minimum absolute atomic E-state index is 0.0354. The van der Waals surface area contributed by atoms with Crippen molar-refractivity contribution >= 4 is 19.8 Å². The molecule has 0 aromatic carbocycles. The number of ether oxygens (including phenoxy) is 2. The third-order valence-corrected chi connectivity index (χ3v) is 19.9. The van der Waals surface area contributed by atoms with Crippen LogP contribution in [-0.4, -0.2) is 70.0 Å². The maximum atomic E-state index is 12.9. The van der Waals surface area contributed by atoms with E-state index in [1.165, 1.54) is 263 Å². The van der Waals surface area contributed by atoms with Gasteiger partial charge in [-0.25, -0.2) is 0 Å². The molecule has 0 aliphatic rings. The number of allylic oxidation sites excluding steroid dienone is 20. The van der Waals surface area contributed by atoms with E-state index in [9.17, 15) is 19.0 Å². The minimum atomic E-state index is -4.66. The standard InChI is InChI=1S/C92H164NO8P/c1-6-8-10-12-14-16-18-20-22-24-26-28-30-32-34-36-38-40-42-44-45-46-47-49-50-52-54-56-58-60-62-64-66-68-70-72-74-76-78-80-82-84-91(94)98-88-90(89-100-102(96,97)99-87-86-93(3,4)5)101-92(95)85-83-81-79-77-75-73-71-69-67-65-63-61-59-57-55-53-51-48-43-41-39-37-35-33-31-29-27-25-23-21-19-17-15-13-11-9-7-2/h9,11,15,17,21,23-24,26-27,29,33,35,39,41,48,51,55,57,61,63,90H,6-8,10,12-14,16,18-20,22,25,28,30-32,34,36-38,40,42-47,49-50,52-54,56,58-60,62,64-89H2,1-5H3/b11-9-,17-15-,23-21-,26-24-,29-27-,35-33-,41-39-,51-48-,57-55-,63-61-. The number of nitrogens with zero attached hydrogens (tertiary/aromatic N) is 1. The van der Waals surface area contributed by atoms with Gasteiger partial charge in [-0.1, -0.05) is 399 Å². The van der Waals surface area contributed by atoms with E-state index in [-0.39, 0.29) is 32.0 Å². The number of phosphoric acid groups is 1. The first kappa shape index (κ1) is 98.4. The molecule has 0 saturated carbocycles. The summed E-state index contributed by atoms with van der Waals surface area (Å²) in [5.41, 5.74) is 0. The number of likely N-dealkylation sites (N-methyl/N-ethyl adjacent to an activating group) is 1. The minimum Gasteiger partial charge on any atom is -0.756 e. The zero-order valence-electron chi connectivity index (χ0n) is 67.5. The van der Waals surface area contributed by atoms with Gasteiger partial charge in [0.05, 0.1) is 27.7 Å². The van der Waals surface area contributed by atoms with Crippen LogP contribution < -0.4 is 4.89 Å². The summed E-state index contributed by atoms with van der Waals surface area (Å²) >= 11 is 0. The Kier molecular flexibility index (Phi) is 78.6. The molecule has 9 nitrogen and oxygen atoms in total. The van der Waals surface area contributed by atoms with E-state index in [2.05, 4.69) is 135 Å². The molecule has 0 radical (unpaired) electrons. The second-order valence-electron chi connectivity index (χ2n) is 30.2. The van der Waals surface area contributed by atoms with Gasteiger partial charge in [-0.2, -0.15) is 0 Å². The highest BCUT2D eigenvalue weighted by Crippen LogP contribution is 2.38. The molecule has 0 bridgehead atoms. The Morgan fingerprint density at radius 1 is 0.314 bits per heavy atom. The molecule has 102 heavy (non-hydrogen) atoms. The van der Waals surface area contributed by atoms with Crippen molar-refractivity contribution in [2.24, 2.45) is 0 Å². The molecule has 0 aromatic rings. The molecule has 0 rings (SSSR count). The summed E-state index contributed by atoms with van der Waals surface area (Å²) in [7, 11) is 1.16. The number of rotatable bonds is 80. The Balaban J connectivity index is 3.94. The number of quaternary nitrogens is 1. The summed E-state index contributed by atoms with van der Waals surface area (Å²) in [5.74, 6) is -0.830. The summed E-state index contributed by atoms with van der Waals surface area (Å²) < 4.78 is 34.4. The number of carbonyl (C=O) groups is 2. The van der Waals surface area contributed by atoms with Gasteiger partial charge in [-0.3, -0.25) is 14.2 Å². The molecule has 0 aliphatic carbocycles. The van der Waals surface area contributed by atoms with Crippen molar-refractivity contribution in [1.29, 1.82) is 0 Å². The van der Waals surface area contributed by atoms with E-state index in [4.69, 9.17) is 18.5 Å². The Bertz CT molecular complexity index is 2140. The van der Waals surface area contributed by atoms with Gasteiger partial charge >= 0.3 is 11.9 Å². The Labute approximate surface area is 632 Å². The number of unbranched alkanes of at least 4 members (excludes halogenated alkanes) is 46. The van der Waals surface area contributed by atoms with Crippen LogP contribution in [0.15, 0.2) is 122 Å². The topological polar surface area (TPSA) is 111 Å². The first-order chi connectivity index (χ1) is 50.0. The summed E-state index contributed by atoms with van der Waals surface area (Å²) in [4.78, 5) is 38.2. The first-order valence-electron chi connectivity index (χ1n) is 43.2. The van der Waals surface area contributed by atoms with Gasteiger partial charge in [-0.15, -0.1) is 0 Å². The predicted octanol–water partition coefficient (Wildman–Crippen LogP) is 28.7. The molecule has 0 amide bonds. The van der Waals surface area contributed by atoms with Crippen LogP contribution in [-0.2, 0) is 32.7 Å². The molecule has 0 heterocycles. The predicted molar refractivity (Wildman–Crippen MR) is 443 cm³/mol. The van der Waals surface area contributed by atoms with Crippen molar-refractivity contribution in [3.63, 3.8) is 0 Å². The lowest BCUT2D eigenvalue weighted by molar-refractivity contribution is -0.870. The fraction of sp³-hybridized carbons (Fsp3) is 0.761. The zero-order chi connectivity index (χ0) is 74.0. The second-order valence-corrected chi connectivity index (χ2v) is 31.6. The van der Waals surface area contributed by atoms with Crippen LogP contribution >= 0.6 is 7.82 Å². The molecule has 0 fully saturated rings. The Morgan fingerprint density at radius 2 is 0.559 bits per heavy atom. The fourth-order valence-electron chi connectivity index (χ4n) is 12.4. The fourth-order valence-corrected chi connectivity index (χ4v) is 13.1. The number of carbonyl (C=O) groups excluding carboxylic acids is 2. The van der Waals surface area contributed by atoms with Crippen molar-refractivity contribution in [3.05, 3.63) is 122 Å². The number of hydrogen-bond donors (Lipinski definition) is 0. The van der Waals surface area contributed by atoms with E-state index in [1.807, 2.05) is 21.1 Å². The van der Waals surface area contributed by atoms with Crippen molar-refractivity contribution in [3.8, 4) is 0 Å². The van der Waals surface area contributed by atoms with Gasteiger partial charge in [0.15, 0.2) is 6.10 Å². The number of phosphoric ester groups is 1. The SMILES string of the molecule is CC/C=C\C/C=C\C/C=C\C/C=C\C/C=C\C/C=C\C/C=C\C/C=C\C/C=C\CCCCCCCCCCCC(=O)OC(COC(=O)CCCCCCCCCCCCCCCCCCCCCCCCCCCCCCC/C=C\CCCCCCCCCC)COP(=O)([O-])OCC[N+](C)(C)C. The van der Waals surface area contributed by atoms with E-state index < -0.39 is 26.5 Å². The maximum Gasteiger partial charge on any atom is 0.306 e. The molecule has 10 heteroatoms. The van der Waals surface area contributed by atoms with E-state index in [0.29, 0.717) is 17.4 Å². The van der Waals surface area contributed by atoms with Crippen LogP contribution in [0.25, 0.3) is 0 Å². The van der Waals surface area contributed by atoms with Gasteiger partial charge < -0.3 is 27.9 Å². The number of esters is 2. The van der Waals surface area contributed by atoms with Gasteiger partial charge in [0.25, 0.3) is 7.82 Å². The molecule has 0 N–H and O–H groups in total. The van der Waals surface area contributed by atoms with Gasteiger partial charge in [0, 0.05) is 12.8 Å². The van der Waals surface area contributed by atoms with Gasteiger partial charge in [0.2, 0.25) is 0 Å². The van der Waals surface area contributed by atoms with Crippen LogP contribution in [0.1, 0.15) is 399 Å². The molecule has 2 unspecified atom stereocenters. The van der Waals surface area contributed by atoms with Crippen LogP contribution in [0.3, 0.4) is 0 Å². The van der Waals surface area contributed by atoms with E-state index in [1.54, 1.807) is 0 Å². The van der Waals surface area contributed by atoms with Crippen molar-refractivity contribution in [2.45, 2.75) is 405 Å². The summed E-state index contributed by atoms with van der Waals surface area (Å²) in [6.45, 7) is 4.16. The lowest BCUT2D eigenvalue weighted by atomic mass is 10.0. The molecular weight excluding hydrogens is 1280 g/mol. The van der Waals surface area contributed by atoms with Crippen LogP contribution in [0, 0.1) is 0 Å². The van der Waals surface area contributed by atoms with E-state index in [0.717, 1.165) is 103 Å². The lowest BCUT2D eigenvalue weighted by Gasteiger charge is -2.28. The third-order valence-electron chi connectivity index (χ3n) is 19.0. The second kappa shape index (κ2) is 81.5. The quantitative estimate of drug-likeness (QED) is 0.0195. The lowest BCUT2D eigenvalue weighted by Crippen LogP contribution is -2.37. The van der Waals surface area contributed by atoms with Crippen LogP contribution in [0.5, 0.6) is 0 Å². The molecule has 0 aromatic heterocycles. The highest BCUT2D eigenvalue weighted by molar-refractivity contribution is 7.45. The molecule has 2 atom stereocenters. The van der Waals surface area contributed by atoms with Crippen molar-refractivity contribution < 1.29 is 42.1 Å². The third kappa shape index (κ3) is 85.3. The van der Waals surface area contributed by atoms with Crippen molar-refractivity contribution in [2.75, 3.05) is 47.5 Å². The average Bonchev–Trinajstić information content (AvgIpc) is 0.913. The summed E-state index contributed by atoms with van der Waals surface area (Å²) in [6, 6.07) is 0. The number of hydrogen-bond acceptors (Lipinski definition) is 8. The average molecular weight is 1440 g/mol. The summed E-state index contributed by atoms with van der Waals surface area (Å²) in [5, 5.41) is 0. The molecule has 0 saturated heterocycles. The largest absolute Gasteiger partial charge is 0.756 e. The first-order valence-corrected chi connectivity index (χ1v) is 44.7. The monoisotopic (exact) mass is 1440 g/mol. The molecular formula is C92H164NO8P. The maximum absolute atomic E-state index is 12.9. The Morgan fingerprint density at radius 3 is 0.843 bits per heavy atom. The highest BCUT2D eigenvalue weighted by Gasteiger charge is 2.22. The van der Waals surface area contributed by atoms with Crippen LogP contribution in [0.2, 0.25) is 0 Å². The van der Waals surface area contributed by atoms with Crippen LogP contribution in [0.4, 0.5) is 0 Å². The van der Waals surface area contributed by atoms with Crippen molar-refractivity contribution in [1.82, 2.24) is 0 Å². The van der Waals surface area contributed by atoms with E-state index >= 15 is 0 Å². The molecule has 590 valence electrons. The van der Waals surface area contributed by atoms with Gasteiger partial charge in [-0.05, 0) is 109 Å². The smallest absolute Gasteiger partial charge is 0.306 e. The Hall–Kier alpha value is -3.59. The highest BCUT2D eigenvalue weighted by atomic mass is 31.2. The summed E-state index contributed by atoms with van der Waals surface area (Å²) in [6.07, 6.45) is 118. The normalized spacial score (nSPS) is 13.6. The zero-order valence-corrected chi connectivity index (χ0v) is 68.4.